The number of allylic oxidation sites excluding steroid dienone is 4. The molecule has 0 amide bonds. The Morgan fingerprint density at radius 2 is 2.00 bits per heavy atom. The summed E-state index contributed by atoms with van der Waals surface area (Å²) in [5.74, 6) is 0.333. The summed E-state index contributed by atoms with van der Waals surface area (Å²) < 4.78 is 0. The first-order valence-electron chi connectivity index (χ1n) is 13.2. The average molecular weight is 486 g/mol. The fourth-order valence-electron chi connectivity index (χ4n) is 8.18. The lowest BCUT2D eigenvalue weighted by molar-refractivity contribution is -0.138. The molecule has 0 radical (unpaired) electrons. The number of carboxylic acids is 1. The van der Waals surface area contributed by atoms with Crippen molar-refractivity contribution in [3.8, 4) is 0 Å². The molecule has 0 aromatic rings. The Balaban J connectivity index is 1.60. The Morgan fingerprint density at radius 3 is 2.66 bits per heavy atom. The van der Waals surface area contributed by atoms with Crippen molar-refractivity contribution >= 4 is 17.4 Å². The van der Waals surface area contributed by atoms with Crippen molar-refractivity contribution in [1.82, 2.24) is 5.01 Å². The Hall–Kier alpha value is -2.15. The summed E-state index contributed by atoms with van der Waals surface area (Å²) in [6.45, 7) is 9.37. The third-order valence-corrected chi connectivity index (χ3v) is 9.98. The van der Waals surface area contributed by atoms with Gasteiger partial charge in [-0.1, -0.05) is 44.5 Å². The van der Waals surface area contributed by atoms with E-state index in [1.54, 1.807) is 0 Å². The Bertz CT molecular complexity index is 969. The lowest BCUT2D eigenvalue weighted by atomic mass is 9.45. The molecule has 35 heavy (non-hydrogen) atoms. The zero-order chi connectivity index (χ0) is 25.6. The summed E-state index contributed by atoms with van der Waals surface area (Å²) in [6, 6.07) is 0. The number of fused-ring (bicyclic) bond motifs is 5. The molecule has 2 N–H and O–H groups in total. The maximum absolute atomic E-state index is 11.8. The number of hydrogen-bond acceptors (Lipinski definition) is 6. The monoisotopic (exact) mass is 485 g/mol. The zero-order valence-corrected chi connectivity index (χ0v) is 22.3. The number of carbonyl (C=O) groups is 1. The topological polar surface area (TPSA) is 94.7 Å². The number of hydrazone groups is 1. The van der Waals surface area contributed by atoms with E-state index in [-0.39, 0.29) is 41.3 Å². The van der Waals surface area contributed by atoms with Gasteiger partial charge in [-0.15, -0.1) is 0 Å². The highest BCUT2D eigenvalue weighted by Gasteiger charge is 2.65. The molecule has 0 aromatic carbocycles. The van der Waals surface area contributed by atoms with E-state index in [4.69, 9.17) is 15.0 Å². The van der Waals surface area contributed by atoms with Crippen LogP contribution in [0.1, 0.15) is 72.6 Å². The van der Waals surface area contributed by atoms with Crippen LogP contribution in [0.2, 0.25) is 0 Å². The Kier molecular flexibility index (Phi) is 6.95. The summed E-state index contributed by atoms with van der Waals surface area (Å²) in [4.78, 5) is 15.9. The summed E-state index contributed by atoms with van der Waals surface area (Å²) in [5.41, 5.74) is 3.11. The van der Waals surface area contributed by atoms with Crippen LogP contribution >= 0.6 is 0 Å². The minimum absolute atomic E-state index is 0.00478. The standard InChI is InChI=1S/C28H43N3O4/c1-7-23(29-31(5)6)27(3)14-11-21-20-9-8-18-16-19(30-35-15-12-24(33)34)10-13-26(18,2)25(20)22(32)17-28(21,27)4/h10,13,16,20-22,25,32H,7-9,11-12,14-15,17H2,1-6H3,(H,33,34)/b29-23+,30-19+/t20?,21?,22?,25?,26?,27-,28?/m1/s1. The molecule has 7 heteroatoms. The smallest absolute Gasteiger partial charge is 0.306 e. The van der Waals surface area contributed by atoms with E-state index in [1.807, 2.05) is 25.2 Å². The van der Waals surface area contributed by atoms with Crippen LogP contribution in [0, 0.1) is 34.0 Å². The molecule has 0 bridgehead atoms. The van der Waals surface area contributed by atoms with E-state index < -0.39 is 5.97 Å². The van der Waals surface area contributed by atoms with Crippen LogP contribution < -0.4 is 0 Å². The van der Waals surface area contributed by atoms with Gasteiger partial charge >= 0.3 is 5.97 Å². The molecule has 0 heterocycles. The summed E-state index contributed by atoms with van der Waals surface area (Å²) >= 11 is 0. The summed E-state index contributed by atoms with van der Waals surface area (Å²) in [5, 5.41) is 31.6. The van der Waals surface area contributed by atoms with Crippen LogP contribution in [-0.2, 0) is 9.63 Å². The predicted octanol–water partition coefficient (Wildman–Crippen LogP) is 4.88. The maximum atomic E-state index is 11.8. The number of aliphatic hydroxyl groups excluding tert-OH is 1. The molecule has 0 aliphatic heterocycles. The second kappa shape index (κ2) is 9.38. The quantitative estimate of drug-likeness (QED) is 0.305. The van der Waals surface area contributed by atoms with Gasteiger partial charge in [0, 0.05) is 36.6 Å². The Morgan fingerprint density at radius 1 is 1.26 bits per heavy atom. The van der Waals surface area contributed by atoms with E-state index in [9.17, 15) is 9.90 Å². The van der Waals surface area contributed by atoms with Crippen molar-refractivity contribution in [3.63, 3.8) is 0 Å². The normalized spacial score (nSPS) is 41.6. The Labute approximate surface area is 210 Å². The number of nitrogens with zero attached hydrogens (tertiary/aromatic N) is 3. The first-order chi connectivity index (χ1) is 16.5. The highest BCUT2D eigenvalue weighted by molar-refractivity contribution is 6.05. The molecule has 4 aliphatic rings. The molecule has 7 nitrogen and oxygen atoms in total. The second-order valence-electron chi connectivity index (χ2n) is 11.9. The van der Waals surface area contributed by atoms with Gasteiger partial charge in [0.05, 0.1) is 12.5 Å². The minimum atomic E-state index is -0.894. The molecule has 0 saturated heterocycles. The van der Waals surface area contributed by atoms with Crippen molar-refractivity contribution in [2.45, 2.75) is 78.7 Å². The number of oxime groups is 1. The molecule has 4 rings (SSSR count). The third kappa shape index (κ3) is 4.24. The molecule has 3 fully saturated rings. The molecule has 3 saturated carbocycles. The number of aliphatic hydroxyl groups is 1. The minimum Gasteiger partial charge on any atom is -0.481 e. The number of hydrogen-bond donors (Lipinski definition) is 2. The van der Waals surface area contributed by atoms with Crippen LogP contribution in [0.25, 0.3) is 0 Å². The maximum Gasteiger partial charge on any atom is 0.306 e. The molecule has 194 valence electrons. The zero-order valence-electron chi connectivity index (χ0n) is 22.3. The van der Waals surface area contributed by atoms with E-state index in [0.717, 1.165) is 37.8 Å². The molecule has 7 atom stereocenters. The van der Waals surface area contributed by atoms with Gasteiger partial charge in [0.1, 0.15) is 12.3 Å². The fraction of sp³-hybridized carbons (Fsp3) is 0.750. The first-order valence-corrected chi connectivity index (χ1v) is 13.2. The third-order valence-electron chi connectivity index (χ3n) is 9.98. The number of carboxylic acid groups (broad SMARTS) is 1. The van der Waals surface area contributed by atoms with Crippen LogP contribution in [-0.4, -0.2) is 59.4 Å². The lowest BCUT2D eigenvalue weighted by Gasteiger charge is -2.60. The summed E-state index contributed by atoms with van der Waals surface area (Å²) in [7, 11) is 4.00. The first kappa shape index (κ1) is 25.9. The van der Waals surface area contributed by atoms with Crippen LogP contribution in [0.15, 0.2) is 34.1 Å². The van der Waals surface area contributed by atoms with Crippen LogP contribution in [0.5, 0.6) is 0 Å². The molecule has 0 aromatic heterocycles. The fourth-order valence-corrected chi connectivity index (χ4v) is 8.18. The van der Waals surface area contributed by atoms with Crippen molar-refractivity contribution < 1.29 is 19.8 Å². The number of rotatable bonds is 7. The van der Waals surface area contributed by atoms with Gasteiger partial charge in [0.2, 0.25) is 0 Å². The van der Waals surface area contributed by atoms with Gasteiger partial charge < -0.3 is 20.1 Å². The van der Waals surface area contributed by atoms with E-state index >= 15 is 0 Å². The predicted molar refractivity (Wildman–Crippen MR) is 138 cm³/mol. The molecule has 6 unspecified atom stereocenters. The largest absolute Gasteiger partial charge is 0.481 e. The van der Waals surface area contributed by atoms with Gasteiger partial charge in [-0.2, -0.15) is 5.10 Å². The van der Waals surface area contributed by atoms with Gasteiger partial charge in [0.15, 0.2) is 0 Å². The highest BCUT2D eigenvalue weighted by Crippen LogP contribution is 2.69. The van der Waals surface area contributed by atoms with E-state index in [0.29, 0.717) is 11.8 Å². The van der Waals surface area contributed by atoms with Gasteiger partial charge in [-0.3, -0.25) is 4.79 Å². The van der Waals surface area contributed by atoms with Crippen molar-refractivity contribution in [3.05, 3.63) is 23.8 Å². The molecular weight excluding hydrogens is 442 g/mol. The van der Waals surface area contributed by atoms with Crippen molar-refractivity contribution in [1.29, 1.82) is 0 Å². The van der Waals surface area contributed by atoms with Crippen molar-refractivity contribution in [2.24, 2.45) is 44.3 Å². The van der Waals surface area contributed by atoms with E-state index in [1.165, 1.54) is 17.7 Å². The lowest BCUT2D eigenvalue weighted by Crippen LogP contribution is -2.58. The van der Waals surface area contributed by atoms with Crippen LogP contribution in [0.3, 0.4) is 0 Å². The van der Waals surface area contributed by atoms with Crippen molar-refractivity contribution in [2.75, 3.05) is 20.7 Å². The SMILES string of the molecule is CC/C(=N\N(C)C)[C@@]1(C)CCC2C3CCC4=C/C(=N/OCCC(=O)O)C=CC4(C)C3C(O)CC21C. The molecular formula is C28H43N3O4. The van der Waals surface area contributed by atoms with Gasteiger partial charge in [0.25, 0.3) is 0 Å². The summed E-state index contributed by atoms with van der Waals surface area (Å²) in [6.07, 6.45) is 12.0. The average Bonchev–Trinajstić information content (AvgIpc) is 3.05. The second-order valence-corrected chi connectivity index (χ2v) is 11.9. The van der Waals surface area contributed by atoms with Gasteiger partial charge in [-0.25, -0.2) is 0 Å². The van der Waals surface area contributed by atoms with Crippen LogP contribution in [0.4, 0.5) is 0 Å². The van der Waals surface area contributed by atoms with Gasteiger partial charge in [-0.05, 0) is 67.9 Å². The van der Waals surface area contributed by atoms with E-state index in [2.05, 4.69) is 45.0 Å². The highest BCUT2D eigenvalue weighted by atomic mass is 16.6. The molecule has 0 spiro atoms. The number of aliphatic carboxylic acids is 1. The molecule has 4 aliphatic carbocycles.